The molecule has 5 heteroatoms. The summed E-state index contributed by atoms with van der Waals surface area (Å²) < 4.78 is 8.27. The minimum atomic E-state index is -0.0336. The Morgan fingerprint density at radius 2 is 2.05 bits per heavy atom. The first-order valence-corrected chi connectivity index (χ1v) is 7.51. The molecule has 2 aromatic carbocycles. The van der Waals surface area contributed by atoms with Gasteiger partial charge < -0.3 is 4.74 Å². The van der Waals surface area contributed by atoms with Crippen LogP contribution in [0, 0.1) is 6.92 Å². The van der Waals surface area contributed by atoms with Gasteiger partial charge in [0.25, 0.3) is 5.56 Å². The summed E-state index contributed by atoms with van der Waals surface area (Å²) in [6.07, 6.45) is 0. The molecule has 0 saturated carbocycles. The third-order valence-corrected chi connectivity index (χ3v) is 4.14. The number of benzene rings is 2. The largest absolute Gasteiger partial charge is 0.490 e. The summed E-state index contributed by atoms with van der Waals surface area (Å²) >= 11 is 3.59. The smallest absolute Gasteiger partial charge is 0.266 e. The second kappa shape index (κ2) is 5.77. The predicted octanol–water partition coefficient (Wildman–Crippen LogP) is 3.48. The summed E-state index contributed by atoms with van der Waals surface area (Å²) in [5.74, 6) is 0.782. The Labute approximate surface area is 130 Å². The number of nitrogens with one attached hydrogen (secondary N) is 1. The maximum Gasteiger partial charge on any atom is 0.266 e. The van der Waals surface area contributed by atoms with Crippen LogP contribution in [0.2, 0.25) is 0 Å². The third-order valence-electron chi connectivity index (χ3n) is 3.32. The number of H-pyrrole nitrogens is 1. The highest BCUT2D eigenvalue weighted by Gasteiger charge is 2.06. The van der Waals surface area contributed by atoms with Crippen LogP contribution in [-0.4, -0.2) is 16.4 Å². The fourth-order valence-electron chi connectivity index (χ4n) is 2.30. The summed E-state index contributed by atoms with van der Waals surface area (Å²) in [5.41, 5.74) is 0.820. The lowest BCUT2D eigenvalue weighted by molar-refractivity contribution is 0.288. The van der Waals surface area contributed by atoms with Gasteiger partial charge in [0, 0.05) is 11.8 Å². The van der Waals surface area contributed by atoms with E-state index in [0.717, 1.165) is 26.7 Å². The van der Waals surface area contributed by atoms with Crippen molar-refractivity contribution in [3.05, 3.63) is 63.0 Å². The van der Waals surface area contributed by atoms with Crippen LogP contribution in [0.4, 0.5) is 0 Å². The Balaban J connectivity index is 1.75. The Hall–Kier alpha value is -2.01. The summed E-state index contributed by atoms with van der Waals surface area (Å²) in [6.45, 7) is 2.78. The van der Waals surface area contributed by atoms with Crippen molar-refractivity contribution in [2.24, 2.45) is 0 Å². The van der Waals surface area contributed by atoms with E-state index in [2.05, 4.69) is 27.1 Å². The Morgan fingerprint density at radius 1 is 1.24 bits per heavy atom. The van der Waals surface area contributed by atoms with Crippen LogP contribution < -0.4 is 10.3 Å². The normalized spacial score (nSPS) is 11.0. The van der Waals surface area contributed by atoms with Crippen LogP contribution in [-0.2, 0) is 6.54 Å². The number of aryl methyl sites for hydroxylation is 1. The Bertz CT molecular complexity index is 836. The minimum absolute atomic E-state index is 0.0336. The minimum Gasteiger partial charge on any atom is -0.490 e. The molecule has 0 atom stereocenters. The summed E-state index contributed by atoms with van der Waals surface area (Å²) in [6, 6.07) is 13.7. The molecule has 0 bridgehead atoms. The number of rotatable bonds is 4. The summed E-state index contributed by atoms with van der Waals surface area (Å²) in [4.78, 5) is 11.6. The van der Waals surface area contributed by atoms with Crippen molar-refractivity contribution in [2.75, 3.05) is 6.61 Å². The number of nitrogens with zero attached hydrogens (tertiary/aromatic N) is 1. The molecule has 1 N–H and O–H groups in total. The molecule has 1 heterocycles. The number of hydrogen-bond acceptors (Lipinski definition) is 2. The van der Waals surface area contributed by atoms with Gasteiger partial charge in [0.05, 0.1) is 11.0 Å². The van der Waals surface area contributed by atoms with Gasteiger partial charge in [-0.1, -0.05) is 30.3 Å². The molecule has 0 unspecified atom stereocenters. The Kier molecular flexibility index (Phi) is 3.84. The average molecular weight is 347 g/mol. The molecule has 3 aromatic rings. The number of aromatic nitrogens is 2. The molecule has 0 spiro atoms. The molecule has 108 valence electrons. The highest BCUT2D eigenvalue weighted by atomic mass is 79.9. The maximum absolute atomic E-state index is 11.6. The zero-order valence-electron chi connectivity index (χ0n) is 11.6. The van der Waals surface area contributed by atoms with Crippen LogP contribution >= 0.6 is 15.9 Å². The van der Waals surface area contributed by atoms with Gasteiger partial charge in [-0.25, -0.2) is 4.68 Å². The maximum atomic E-state index is 11.6. The molecule has 21 heavy (non-hydrogen) atoms. The van der Waals surface area contributed by atoms with Crippen molar-refractivity contribution >= 4 is 26.7 Å². The fraction of sp³-hybridized carbons (Fsp3) is 0.188. The molecule has 0 radical (unpaired) electrons. The molecular formula is C16H15BrN2O2. The van der Waals surface area contributed by atoms with E-state index >= 15 is 0 Å². The molecule has 0 aliphatic carbocycles. The zero-order chi connectivity index (χ0) is 14.8. The SMILES string of the molecule is Cc1cc(=O)n(CCOc2ccc3ccccc3c2Br)[nH]1. The number of aromatic amines is 1. The van der Waals surface area contributed by atoms with E-state index in [1.807, 2.05) is 37.3 Å². The van der Waals surface area contributed by atoms with Gasteiger partial charge in [0.15, 0.2) is 0 Å². The van der Waals surface area contributed by atoms with Gasteiger partial charge in [-0.05, 0) is 39.7 Å². The van der Waals surface area contributed by atoms with Crippen molar-refractivity contribution in [1.82, 2.24) is 9.78 Å². The first kappa shape index (κ1) is 13.9. The van der Waals surface area contributed by atoms with E-state index in [1.54, 1.807) is 10.7 Å². The van der Waals surface area contributed by atoms with E-state index in [1.165, 1.54) is 0 Å². The lowest BCUT2D eigenvalue weighted by Crippen LogP contribution is -2.20. The molecule has 3 rings (SSSR count). The second-order valence-corrected chi connectivity index (χ2v) is 5.67. The third kappa shape index (κ3) is 2.88. The number of halogens is 1. The van der Waals surface area contributed by atoms with E-state index < -0.39 is 0 Å². The monoisotopic (exact) mass is 346 g/mol. The van der Waals surface area contributed by atoms with Crippen LogP contribution in [0.25, 0.3) is 10.8 Å². The molecule has 4 nitrogen and oxygen atoms in total. The topological polar surface area (TPSA) is 47.0 Å². The molecular weight excluding hydrogens is 332 g/mol. The molecule has 0 fully saturated rings. The van der Waals surface area contributed by atoms with Crippen LogP contribution in [0.1, 0.15) is 5.69 Å². The number of ether oxygens (including phenoxy) is 1. The molecule has 0 aliphatic rings. The van der Waals surface area contributed by atoms with Crippen molar-refractivity contribution in [3.63, 3.8) is 0 Å². The van der Waals surface area contributed by atoms with E-state index in [-0.39, 0.29) is 5.56 Å². The summed E-state index contributed by atoms with van der Waals surface area (Å²) in [7, 11) is 0. The van der Waals surface area contributed by atoms with E-state index in [9.17, 15) is 4.79 Å². The van der Waals surface area contributed by atoms with Crippen molar-refractivity contribution in [3.8, 4) is 5.75 Å². The van der Waals surface area contributed by atoms with Gasteiger partial charge in [0.2, 0.25) is 0 Å². The Morgan fingerprint density at radius 3 is 2.81 bits per heavy atom. The first-order chi connectivity index (χ1) is 10.1. The van der Waals surface area contributed by atoms with Gasteiger partial charge >= 0.3 is 0 Å². The van der Waals surface area contributed by atoms with Crippen molar-refractivity contribution in [1.29, 1.82) is 0 Å². The fourth-order valence-corrected chi connectivity index (χ4v) is 2.91. The van der Waals surface area contributed by atoms with E-state index in [0.29, 0.717) is 13.2 Å². The zero-order valence-corrected chi connectivity index (χ0v) is 13.2. The van der Waals surface area contributed by atoms with Crippen molar-refractivity contribution < 1.29 is 4.74 Å². The lowest BCUT2D eigenvalue weighted by atomic mass is 10.1. The van der Waals surface area contributed by atoms with Crippen molar-refractivity contribution in [2.45, 2.75) is 13.5 Å². The second-order valence-electron chi connectivity index (χ2n) is 4.88. The lowest BCUT2D eigenvalue weighted by Gasteiger charge is -2.10. The molecule has 0 aliphatic heterocycles. The van der Waals surface area contributed by atoms with Gasteiger partial charge in [-0.2, -0.15) is 0 Å². The van der Waals surface area contributed by atoms with Gasteiger partial charge in [-0.3, -0.25) is 9.89 Å². The average Bonchev–Trinajstić information content (AvgIpc) is 2.80. The van der Waals surface area contributed by atoms with Gasteiger partial charge in [0.1, 0.15) is 12.4 Å². The number of fused-ring (bicyclic) bond motifs is 1. The molecule has 1 aromatic heterocycles. The predicted molar refractivity (Wildman–Crippen MR) is 86.9 cm³/mol. The van der Waals surface area contributed by atoms with Crippen LogP contribution in [0.15, 0.2) is 51.7 Å². The quantitative estimate of drug-likeness (QED) is 0.786. The highest BCUT2D eigenvalue weighted by Crippen LogP contribution is 2.32. The summed E-state index contributed by atoms with van der Waals surface area (Å²) in [5, 5.41) is 5.26. The number of hydrogen-bond donors (Lipinski definition) is 1. The van der Waals surface area contributed by atoms with Crippen LogP contribution in [0.3, 0.4) is 0 Å². The molecule has 0 amide bonds. The first-order valence-electron chi connectivity index (χ1n) is 6.71. The van der Waals surface area contributed by atoms with Crippen LogP contribution in [0.5, 0.6) is 5.75 Å². The van der Waals surface area contributed by atoms with Gasteiger partial charge in [-0.15, -0.1) is 0 Å². The van der Waals surface area contributed by atoms with E-state index in [4.69, 9.17) is 4.74 Å². The standard InChI is InChI=1S/C16H15BrN2O2/c1-11-10-15(20)19(18-11)8-9-21-14-7-6-12-4-2-3-5-13(12)16(14)17/h2-7,10,18H,8-9H2,1H3. The molecule has 0 saturated heterocycles. The highest BCUT2D eigenvalue weighted by molar-refractivity contribution is 9.10.